The highest BCUT2D eigenvalue weighted by molar-refractivity contribution is 5.78. The number of aliphatic hydroxyl groups is 1. The van der Waals surface area contributed by atoms with Gasteiger partial charge in [0.2, 0.25) is 5.91 Å². The van der Waals surface area contributed by atoms with Crippen molar-refractivity contribution in [2.75, 3.05) is 6.54 Å². The average Bonchev–Trinajstić information content (AvgIpc) is 2.34. The van der Waals surface area contributed by atoms with Crippen LogP contribution in [0, 0.1) is 5.92 Å². The van der Waals surface area contributed by atoms with E-state index in [1.807, 2.05) is 6.92 Å². The maximum absolute atomic E-state index is 10.7. The zero-order chi connectivity index (χ0) is 7.56. The molecule has 1 saturated heterocycles. The van der Waals surface area contributed by atoms with Crippen LogP contribution in [0.15, 0.2) is 0 Å². The van der Waals surface area contributed by atoms with Crippen LogP contribution in [-0.2, 0) is 4.79 Å². The number of rotatable bonds is 2. The van der Waals surface area contributed by atoms with E-state index in [0.717, 1.165) is 6.42 Å². The van der Waals surface area contributed by atoms with Gasteiger partial charge in [0.05, 0.1) is 6.10 Å². The number of carbonyl (C=O) groups excluding carboxylic acids is 1. The summed E-state index contributed by atoms with van der Waals surface area (Å²) < 4.78 is 0. The molecule has 0 radical (unpaired) electrons. The van der Waals surface area contributed by atoms with Crippen molar-refractivity contribution in [3.05, 3.63) is 0 Å². The Labute approximate surface area is 60.4 Å². The second kappa shape index (κ2) is 3.01. The van der Waals surface area contributed by atoms with E-state index < -0.39 is 0 Å². The topological polar surface area (TPSA) is 49.3 Å². The first-order chi connectivity index (χ1) is 4.74. The molecule has 0 aromatic carbocycles. The third-order valence-corrected chi connectivity index (χ3v) is 1.97. The molecule has 0 aromatic rings. The second-order valence-electron chi connectivity index (χ2n) is 2.74. The molecule has 0 spiro atoms. The van der Waals surface area contributed by atoms with Gasteiger partial charge in [0.1, 0.15) is 0 Å². The number of aliphatic hydroxyl groups excluding tert-OH is 1. The van der Waals surface area contributed by atoms with E-state index in [0.29, 0.717) is 13.0 Å². The molecule has 0 aromatic heterocycles. The van der Waals surface area contributed by atoms with Crippen LogP contribution in [0.3, 0.4) is 0 Å². The minimum absolute atomic E-state index is 0.0671. The van der Waals surface area contributed by atoms with Gasteiger partial charge in [-0.05, 0) is 6.42 Å². The van der Waals surface area contributed by atoms with Crippen LogP contribution in [0.4, 0.5) is 0 Å². The van der Waals surface area contributed by atoms with Crippen LogP contribution in [-0.4, -0.2) is 23.7 Å². The molecule has 2 unspecified atom stereocenters. The third kappa shape index (κ3) is 1.48. The smallest absolute Gasteiger partial charge is 0.220 e. The number of nitrogens with one attached hydrogen (secondary N) is 1. The quantitative estimate of drug-likeness (QED) is 0.566. The zero-order valence-electron chi connectivity index (χ0n) is 6.13. The highest BCUT2D eigenvalue weighted by Gasteiger charge is 2.26. The van der Waals surface area contributed by atoms with Crippen molar-refractivity contribution < 1.29 is 9.90 Å². The summed E-state index contributed by atoms with van der Waals surface area (Å²) >= 11 is 0. The van der Waals surface area contributed by atoms with Crippen molar-refractivity contribution in [1.82, 2.24) is 5.32 Å². The molecule has 2 atom stereocenters. The molecule has 1 aliphatic heterocycles. The minimum atomic E-state index is -0.307. The van der Waals surface area contributed by atoms with E-state index in [4.69, 9.17) is 0 Å². The lowest BCUT2D eigenvalue weighted by molar-refractivity contribution is -0.119. The predicted octanol–water partition coefficient (Wildman–Crippen LogP) is -0.107. The van der Waals surface area contributed by atoms with Gasteiger partial charge < -0.3 is 10.4 Å². The van der Waals surface area contributed by atoms with Gasteiger partial charge in [-0.25, -0.2) is 0 Å². The fourth-order valence-corrected chi connectivity index (χ4v) is 1.23. The normalized spacial score (nSPS) is 28.2. The zero-order valence-corrected chi connectivity index (χ0v) is 6.13. The van der Waals surface area contributed by atoms with E-state index in [1.165, 1.54) is 0 Å². The minimum Gasteiger partial charge on any atom is -0.393 e. The first-order valence-corrected chi connectivity index (χ1v) is 3.68. The highest BCUT2D eigenvalue weighted by Crippen LogP contribution is 2.15. The molecule has 1 fully saturated rings. The molecule has 0 saturated carbocycles. The van der Waals surface area contributed by atoms with Crippen molar-refractivity contribution in [1.29, 1.82) is 0 Å². The largest absolute Gasteiger partial charge is 0.393 e. The summed E-state index contributed by atoms with van der Waals surface area (Å²) in [6.45, 7) is 2.57. The summed E-state index contributed by atoms with van der Waals surface area (Å²) in [6, 6.07) is 0. The Kier molecular flexibility index (Phi) is 2.27. The second-order valence-corrected chi connectivity index (χ2v) is 2.74. The fraction of sp³-hybridized carbons (Fsp3) is 0.857. The molecule has 0 bridgehead atoms. The van der Waals surface area contributed by atoms with Gasteiger partial charge in [0, 0.05) is 18.9 Å². The first-order valence-electron chi connectivity index (χ1n) is 3.68. The van der Waals surface area contributed by atoms with Gasteiger partial charge in [-0.3, -0.25) is 4.79 Å². The Balaban J connectivity index is 2.36. The molecule has 3 nitrogen and oxygen atoms in total. The Morgan fingerprint density at radius 2 is 2.60 bits per heavy atom. The maximum atomic E-state index is 10.7. The van der Waals surface area contributed by atoms with Gasteiger partial charge in [-0.2, -0.15) is 0 Å². The molecule has 1 heterocycles. The van der Waals surface area contributed by atoms with Gasteiger partial charge in [0.15, 0.2) is 0 Å². The fourth-order valence-electron chi connectivity index (χ4n) is 1.23. The summed E-state index contributed by atoms with van der Waals surface area (Å²) in [7, 11) is 0. The van der Waals surface area contributed by atoms with Gasteiger partial charge in [0.25, 0.3) is 0 Å². The number of carbonyl (C=O) groups is 1. The van der Waals surface area contributed by atoms with Crippen molar-refractivity contribution in [3.63, 3.8) is 0 Å². The van der Waals surface area contributed by atoms with Gasteiger partial charge in [-0.15, -0.1) is 0 Å². The molecule has 2 N–H and O–H groups in total. The summed E-state index contributed by atoms with van der Waals surface area (Å²) in [5.41, 5.74) is 0. The third-order valence-electron chi connectivity index (χ3n) is 1.97. The number of amides is 1. The van der Waals surface area contributed by atoms with Crippen molar-refractivity contribution in [2.24, 2.45) is 5.92 Å². The molecular formula is C7H13NO2. The van der Waals surface area contributed by atoms with E-state index in [1.54, 1.807) is 0 Å². The van der Waals surface area contributed by atoms with Crippen molar-refractivity contribution >= 4 is 5.91 Å². The van der Waals surface area contributed by atoms with Crippen LogP contribution >= 0.6 is 0 Å². The lowest BCUT2D eigenvalue weighted by Crippen LogP contribution is -2.21. The van der Waals surface area contributed by atoms with Crippen LogP contribution < -0.4 is 5.32 Å². The Bertz CT molecular complexity index is 136. The van der Waals surface area contributed by atoms with Crippen LogP contribution in [0.5, 0.6) is 0 Å². The predicted molar refractivity (Wildman–Crippen MR) is 37.4 cm³/mol. The molecule has 0 aliphatic carbocycles. The standard InChI is InChI=1S/C7H13NO2/c1-2-6(9)5-3-7(10)8-4-5/h5-6,9H,2-4H2,1H3,(H,8,10). The lowest BCUT2D eigenvalue weighted by Gasteiger charge is -2.12. The Morgan fingerprint density at radius 1 is 1.90 bits per heavy atom. The van der Waals surface area contributed by atoms with Crippen LogP contribution in [0.1, 0.15) is 19.8 Å². The monoisotopic (exact) mass is 143 g/mol. The number of hydrogen-bond acceptors (Lipinski definition) is 2. The molecule has 10 heavy (non-hydrogen) atoms. The Hall–Kier alpha value is -0.570. The van der Waals surface area contributed by atoms with Gasteiger partial charge in [-0.1, -0.05) is 6.92 Å². The SMILES string of the molecule is CCC(O)C1CNC(=O)C1. The average molecular weight is 143 g/mol. The summed E-state index contributed by atoms with van der Waals surface area (Å²) in [4.78, 5) is 10.7. The van der Waals surface area contributed by atoms with Gasteiger partial charge >= 0.3 is 0 Å². The summed E-state index contributed by atoms with van der Waals surface area (Å²) in [6.07, 6.45) is 0.924. The van der Waals surface area contributed by atoms with E-state index in [9.17, 15) is 9.90 Å². The van der Waals surface area contributed by atoms with Crippen molar-refractivity contribution in [3.8, 4) is 0 Å². The molecule has 1 aliphatic rings. The van der Waals surface area contributed by atoms with Crippen molar-refractivity contribution in [2.45, 2.75) is 25.9 Å². The van der Waals surface area contributed by atoms with Crippen LogP contribution in [0.2, 0.25) is 0 Å². The van der Waals surface area contributed by atoms with E-state index in [2.05, 4.69) is 5.32 Å². The first kappa shape index (κ1) is 7.54. The van der Waals surface area contributed by atoms with Crippen LogP contribution in [0.25, 0.3) is 0 Å². The lowest BCUT2D eigenvalue weighted by atomic mass is 10.00. The number of hydrogen-bond donors (Lipinski definition) is 2. The molecular weight excluding hydrogens is 130 g/mol. The highest BCUT2D eigenvalue weighted by atomic mass is 16.3. The molecule has 3 heteroatoms. The summed E-state index contributed by atoms with van der Waals surface area (Å²) in [5.74, 6) is 0.218. The van der Waals surface area contributed by atoms with E-state index in [-0.39, 0.29) is 17.9 Å². The molecule has 58 valence electrons. The van der Waals surface area contributed by atoms with E-state index >= 15 is 0 Å². The molecule has 1 rings (SSSR count). The molecule has 1 amide bonds. The summed E-state index contributed by atoms with van der Waals surface area (Å²) in [5, 5.41) is 12.0. The Morgan fingerprint density at radius 3 is 3.00 bits per heavy atom. The maximum Gasteiger partial charge on any atom is 0.220 e.